The molecule has 0 saturated carbocycles. The van der Waals surface area contributed by atoms with Gasteiger partial charge in [-0.25, -0.2) is 0 Å². The number of rotatable bonds is 3. The summed E-state index contributed by atoms with van der Waals surface area (Å²) in [7, 11) is 0. The van der Waals surface area contributed by atoms with Gasteiger partial charge in [-0.3, -0.25) is 0 Å². The predicted molar refractivity (Wildman–Crippen MR) is 61.9 cm³/mol. The molecule has 0 heteroatoms. The Bertz CT molecular complexity index is 194. The van der Waals surface area contributed by atoms with Crippen LogP contribution in [0.15, 0.2) is 36.0 Å². The number of hydrogen-bond donors (Lipinski definition) is 0. The Morgan fingerprint density at radius 2 is 2.08 bits per heavy atom. The Morgan fingerprint density at radius 1 is 1.38 bits per heavy atom. The Labute approximate surface area is 83.0 Å². The molecule has 0 saturated heterocycles. The molecule has 13 heavy (non-hydrogen) atoms. The average molecular weight is 178 g/mol. The summed E-state index contributed by atoms with van der Waals surface area (Å²) < 4.78 is 0. The van der Waals surface area contributed by atoms with Crippen LogP contribution in [0.2, 0.25) is 0 Å². The van der Waals surface area contributed by atoms with Gasteiger partial charge in [0.2, 0.25) is 0 Å². The smallest absolute Gasteiger partial charge is 0.0273 e. The quantitative estimate of drug-likeness (QED) is 0.590. The summed E-state index contributed by atoms with van der Waals surface area (Å²) in [4.78, 5) is 0. The van der Waals surface area contributed by atoms with E-state index in [-0.39, 0.29) is 0 Å². The van der Waals surface area contributed by atoms with Crippen molar-refractivity contribution < 1.29 is 0 Å². The fourth-order valence-corrected chi connectivity index (χ4v) is 1.32. The van der Waals surface area contributed by atoms with Crippen LogP contribution in [0.4, 0.5) is 0 Å². The maximum absolute atomic E-state index is 4.05. The van der Waals surface area contributed by atoms with Crippen molar-refractivity contribution in [1.29, 1.82) is 0 Å². The lowest BCUT2D eigenvalue weighted by Gasteiger charge is -2.08. The van der Waals surface area contributed by atoms with E-state index in [2.05, 4.69) is 31.7 Å². The molecule has 0 radical (unpaired) electrons. The second kappa shape index (κ2) is 7.85. The minimum Gasteiger partial charge on any atom is -0.0952 e. The Balaban J connectivity index is 0.000000671. The molecule has 0 amide bonds. The molecule has 1 aliphatic rings. The SMILES string of the molecule is C=C(CCC)C1=CCCC=C1.CC. The lowest BCUT2D eigenvalue weighted by Crippen LogP contribution is -1.88. The fourth-order valence-electron chi connectivity index (χ4n) is 1.32. The molecule has 0 nitrogen and oxygen atoms in total. The minimum atomic E-state index is 1.14. The lowest BCUT2D eigenvalue weighted by molar-refractivity contribution is 0.910. The average Bonchev–Trinajstić information content (AvgIpc) is 2.23. The highest BCUT2D eigenvalue weighted by Gasteiger charge is 1.99. The van der Waals surface area contributed by atoms with E-state index in [1.54, 1.807) is 0 Å². The van der Waals surface area contributed by atoms with Gasteiger partial charge >= 0.3 is 0 Å². The van der Waals surface area contributed by atoms with Gasteiger partial charge < -0.3 is 0 Å². The third-order valence-electron chi connectivity index (χ3n) is 1.96. The molecule has 74 valence electrons. The van der Waals surface area contributed by atoms with Crippen molar-refractivity contribution in [2.75, 3.05) is 0 Å². The van der Waals surface area contributed by atoms with Crippen molar-refractivity contribution in [2.45, 2.75) is 46.5 Å². The molecule has 0 spiro atoms. The highest BCUT2D eigenvalue weighted by Crippen LogP contribution is 2.19. The van der Waals surface area contributed by atoms with Crippen LogP contribution in [0.5, 0.6) is 0 Å². The van der Waals surface area contributed by atoms with E-state index < -0.39 is 0 Å². The second-order valence-corrected chi connectivity index (χ2v) is 2.99. The van der Waals surface area contributed by atoms with Crippen LogP contribution in [-0.2, 0) is 0 Å². The van der Waals surface area contributed by atoms with Gasteiger partial charge in [-0.1, -0.05) is 52.0 Å². The fraction of sp³-hybridized carbons (Fsp3) is 0.538. The van der Waals surface area contributed by atoms with Crippen LogP contribution in [-0.4, -0.2) is 0 Å². The zero-order chi connectivity index (χ0) is 10.1. The van der Waals surface area contributed by atoms with Crippen LogP contribution >= 0.6 is 0 Å². The normalized spacial score (nSPS) is 14.2. The zero-order valence-electron chi connectivity index (χ0n) is 9.27. The molecular weight excluding hydrogens is 156 g/mol. The molecule has 0 aliphatic heterocycles. The monoisotopic (exact) mass is 178 g/mol. The highest BCUT2D eigenvalue weighted by molar-refractivity contribution is 5.39. The molecule has 0 aromatic rings. The molecule has 0 aromatic carbocycles. The lowest BCUT2D eigenvalue weighted by atomic mass is 9.98. The first-order valence-corrected chi connectivity index (χ1v) is 5.39. The van der Waals surface area contributed by atoms with E-state index in [1.165, 1.54) is 30.4 Å². The van der Waals surface area contributed by atoms with E-state index >= 15 is 0 Å². The van der Waals surface area contributed by atoms with Crippen LogP contribution in [0.3, 0.4) is 0 Å². The van der Waals surface area contributed by atoms with Gasteiger partial charge in [0.05, 0.1) is 0 Å². The van der Waals surface area contributed by atoms with Gasteiger partial charge in [-0.05, 0) is 30.4 Å². The van der Waals surface area contributed by atoms with E-state index in [0.717, 1.165) is 6.42 Å². The predicted octanol–water partition coefficient (Wildman–Crippen LogP) is 4.65. The molecule has 0 unspecified atom stereocenters. The van der Waals surface area contributed by atoms with Crippen molar-refractivity contribution in [1.82, 2.24) is 0 Å². The van der Waals surface area contributed by atoms with Gasteiger partial charge in [0.1, 0.15) is 0 Å². The standard InChI is InChI=1S/C11H16.C2H6/c1-3-7-10(2)11-8-5-4-6-9-11;1-2/h5,8-9H,2-4,6-7H2,1H3;1-2H3. The third kappa shape index (κ3) is 4.72. The molecule has 0 aromatic heterocycles. The third-order valence-corrected chi connectivity index (χ3v) is 1.96. The Kier molecular flexibility index (Phi) is 7.38. The summed E-state index contributed by atoms with van der Waals surface area (Å²) in [5, 5.41) is 0. The summed E-state index contributed by atoms with van der Waals surface area (Å²) in [6, 6.07) is 0. The number of allylic oxidation sites excluding steroid dienone is 5. The first kappa shape index (κ1) is 12.2. The molecule has 0 N–H and O–H groups in total. The van der Waals surface area contributed by atoms with Crippen LogP contribution in [0.1, 0.15) is 46.5 Å². The molecule has 0 heterocycles. The van der Waals surface area contributed by atoms with Crippen molar-refractivity contribution in [3.63, 3.8) is 0 Å². The van der Waals surface area contributed by atoms with Crippen LogP contribution < -0.4 is 0 Å². The van der Waals surface area contributed by atoms with Gasteiger partial charge in [0, 0.05) is 0 Å². The Morgan fingerprint density at radius 3 is 2.54 bits per heavy atom. The highest BCUT2D eigenvalue weighted by atomic mass is 14.1. The maximum atomic E-state index is 4.05. The molecule has 0 fully saturated rings. The van der Waals surface area contributed by atoms with Gasteiger partial charge in [0.15, 0.2) is 0 Å². The molecule has 1 rings (SSSR count). The van der Waals surface area contributed by atoms with Crippen molar-refractivity contribution in [3.8, 4) is 0 Å². The summed E-state index contributed by atoms with van der Waals surface area (Å²) in [5.41, 5.74) is 2.65. The maximum Gasteiger partial charge on any atom is -0.0273 e. The topological polar surface area (TPSA) is 0 Å². The van der Waals surface area contributed by atoms with Crippen LogP contribution in [0, 0.1) is 0 Å². The van der Waals surface area contributed by atoms with Gasteiger partial charge in [-0.15, -0.1) is 0 Å². The van der Waals surface area contributed by atoms with Gasteiger partial charge in [-0.2, -0.15) is 0 Å². The van der Waals surface area contributed by atoms with Crippen molar-refractivity contribution >= 4 is 0 Å². The van der Waals surface area contributed by atoms with Crippen molar-refractivity contribution in [2.24, 2.45) is 0 Å². The Hall–Kier alpha value is -0.780. The largest absolute Gasteiger partial charge is 0.0952 e. The van der Waals surface area contributed by atoms with E-state index in [0.29, 0.717) is 0 Å². The molecule has 0 bridgehead atoms. The van der Waals surface area contributed by atoms with E-state index in [4.69, 9.17) is 0 Å². The zero-order valence-corrected chi connectivity index (χ0v) is 9.27. The number of hydrogen-bond acceptors (Lipinski definition) is 0. The van der Waals surface area contributed by atoms with Crippen molar-refractivity contribution in [3.05, 3.63) is 36.0 Å². The summed E-state index contributed by atoms with van der Waals surface area (Å²) in [6.45, 7) is 10.2. The summed E-state index contributed by atoms with van der Waals surface area (Å²) in [5.74, 6) is 0. The summed E-state index contributed by atoms with van der Waals surface area (Å²) in [6.07, 6.45) is 11.4. The summed E-state index contributed by atoms with van der Waals surface area (Å²) >= 11 is 0. The molecular formula is C13H22. The van der Waals surface area contributed by atoms with Crippen LogP contribution in [0.25, 0.3) is 0 Å². The first-order valence-electron chi connectivity index (χ1n) is 5.39. The molecule has 0 atom stereocenters. The minimum absolute atomic E-state index is 1.14. The second-order valence-electron chi connectivity index (χ2n) is 2.99. The van der Waals surface area contributed by atoms with E-state index in [9.17, 15) is 0 Å². The first-order chi connectivity index (χ1) is 6.34. The van der Waals surface area contributed by atoms with Gasteiger partial charge in [0.25, 0.3) is 0 Å². The van der Waals surface area contributed by atoms with E-state index in [1.807, 2.05) is 13.8 Å². The molecule has 1 aliphatic carbocycles.